The van der Waals surface area contributed by atoms with Crippen LogP contribution in [0.15, 0.2) is 0 Å². The Hall–Kier alpha value is -0.570. The summed E-state index contributed by atoms with van der Waals surface area (Å²) >= 11 is 0. The molecule has 2 N–H and O–H groups in total. The molecule has 1 heterocycles. The van der Waals surface area contributed by atoms with Gasteiger partial charge in [-0.25, -0.2) is 0 Å². The van der Waals surface area contributed by atoms with E-state index in [1.807, 2.05) is 0 Å². The predicted molar refractivity (Wildman–Crippen MR) is 74.1 cm³/mol. The van der Waals surface area contributed by atoms with Crippen molar-refractivity contribution in [2.24, 2.45) is 23.5 Å². The van der Waals surface area contributed by atoms with Crippen molar-refractivity contribution in [2.45, 2.75) is 58.4 Å². The Labute approximate surface area is 111 Å². The number of nitrogens with zero attached hydrogens (tertiary/aromatic N) is 1. The van der Waals surface area contributed by atoms with E-state index in [9.17, 15) is 4.79 Å². The van der Waals surface area contributed by atoms with Gasteiger partial charge in [0.05, 0.1) is 0 Å². The molecular weight excluding hydrogens is 224 g/mol. The van der Waals surface area contributed by atoms with E-state index >= 15 is 0 Å². The van der Waals surface area contributed by atoms with E-state index in [1.165, 1.54) is 32.1 Å². The Morgan fingerprint density at radius 1 is 1.17 bits per heavy atom. The van der Waals surface area contributed by atoms with Crippen molar-refractivity contribution in [3.63, 3.8) is 0 Å². The Kier molecular flexibility index (Phi) is 4.66. The van der Waals surface area contributed by atoms with Crippen molar-refractivity contribution >= 4 is 5.91 Å². The van der Waals surface area contributed by atoms with E-state index in [4.69, 9.17) is 5.73 Å². The van der Waals surface area contributed by atoms with Crippen LogP contribution in [0, 0.1) is 17.8 Å². The van der Waals surface area contributed by atoms with E-state index in [0.717, 1.165) is 19.5 Å². The van der Waals surface area contributed by atoms with Crippen molar-refractivity contribution in [2.75, 3.05) is 13.1 Å². The molecule has 0 spiro atoms. The van der Waals surface area contributed by atoms with E-state index in [0.29, 0.717) is 29.7 Å². The van der Waals surface area contributed by atoms with Gasteiger partial charge in [0, 0.05) is 19.0 Å². The zero-order valence-electron chi connectivity index (χ0n) is 11.9. The lowest BCUT2D eigenvalue weighted by Crippen LogP contribution is -2.35. The molecule has 2 atom stereocenters. The fraction of sp³-hybridized carbons (Fsp3) is 0.933. The summed E-state index contributed by atoms with van der Waals surface area (Å²) in [5, 5.41) is 0. The van der Waals surface area contributed by atoms with E-state index in [-0.39, 0.29) is 0 Å². The number of amides is 1. The number of carbonyl (C=O) groups is 1. The molecule has 1 saturated heterocycles. The highest BCUT2D eigenvalue weighted by atomic mass is 16.2. The van der Waals surface area contributed by atoms with Gasteiger partial charge in [-0.05, 0) is 63.3 Å². The van der Waals surface area contributed by atoms with Crippen LogP contribution in [0.4, 0.5) is 0 Å². The van der Waals surface area contributed by atoms with Crippen LogP contribution in [0.1, 0.15) is 52.4 Å². The van der Waals surface area contributed by atoms with Crippen LogP contribution in [0.5, 0.6) is 0 Å². The first-order chi connectivity index (χ1) is 8.60. The lowest BCUT2D eigenvalue weighted by atomic mass is 9.80. The van der Waals surface area contributed by atoms with Gasteiger partial charge in [0.15, 0.2) is 0 Å². The second kappa shape index (κ2) is 6.05. The largest absolute Gasteiger partial charge is 0.340 e. The van der Waals surface area contributed by atoms with Gasteiger partial charge in [-0.1, -0.05) is 6.92 Å². The maximum atomic E-state index is 12.3. The number of hydrogen-bond donors (Lipinski definition) is 1. The number of hydrogen-bond acceptors (Lipinski definition) is 2. The molecule has 2 aliphatic rings. The molecule has 0 bridgehead atoms. The minimum atomic E-state index is 0.392. The molecule has 0 aromatic heterocycles. The molecule has 104 valence electrons. The summed E-state index contributed by atoms with van der Waals surface area (Å²) in [6.45, 7) is 6.22. The Morgan fingerprint density at radius 3 is 2.28 bits per heavy atom. The Balaban J connectivity index is 1.78. The summed E-state index contributed by atoms with van der Waals surface area (Å²) < 4.78 is 0. The summed E-state index contributed by atoms with van der Waals surface area (Å²) in [5.41, 5.74) is 5.71. The third-order valence-corrected chi connectivity index (χ3v) is 4.87. The van der Waals surface area contributed by atoms with Gasteiger partial charge in [0.25, 0.3) is 0 Å². The van der Waals surface area contributed by atoms with Gasteiger partial charge in [0.2, 0.25) is 5.91 Å². The van der Waals surface area contributed by atoms with Crippen molar-refractivity contribution in [3.05, 3.63) is 0 Å². The van der Waals surface area contributed by atoms with Crippen molar-refractivity contribution < 1.29 is 4.79 Å². The number of rotatable bonds is 3. The molecule has 2 rings (SSSR count). The summed E-state index contributed by atoms with van der Waals surface area (Å²) in [6.07, 6.45) is 6.79. The average Bonchev–Trinajstić information content (AvgIpc) is 2.69. The smallest absolute Gasteiger partial charge is 0.223 e. The highest BCUT2D eigenvalue weighted by molar-refractivity contribution is 5.77. The van der Waals surface area contributed by atoms with Crippen LogP contribution >= 0.6 is 0 Å². The molecule has 0 aromatic rings. The van der Waals surface area contributed by atoms with Crippen LogP contribution in [0.3, 0.4) is 0 Å². The molecule has 1 aliphatic heterocycles. The van der Waals surface area contributed by atoms with Crippen LogP contribution in [-0.4, -0.2) is 29.9 Å². The van der Waals surface area contributed by atoms with Gasteiger partial charge in [-0.2, -0.15) is 0 Å². The lowest BCUT2D eigenvalue weighted by molar-refractivity contribution is -0.133. The maximum absolute atomic E-state index is 12.3. The minimum Gasteiger partial charge on any atom is -0.340 e. The Morgan fingerprint density at radius 2 is 1.78 bits per heavy atom. The molecule has 0 aromatic carbocycles. The van der Waals surface area contributed by atoms with Gasteiger partial charge in [-0.15, -0.1) is 0 Å². The molecule has 18 heavy (non-hydrogen) atoms. The van der Waals surface area contributed by atoms with Crippen LogP contribution in [0.2, 0.25) is 0 Å². The fourth-order valence-electron chi connectivity index (χ4n) is 3.68. The second-order valence-corrected chi connectivity index (χ2v) is 6.56. The molecule has 3 nitrogen and oxygen atoms in total. The van der Waals surface area contributed by atoms with Gasteiger partial charge >= 0.3 is 0 Å². The summed E-state index contributed by atoms with van der Waals surface area (Å²) in [7, 11) is 0. The molecule has 1 saturated carbocycles. The fourth-order valence-corrected chi connectivity index (χ4v) is 3.68. The normalized spacial score (nSPS) is 36.9. The van der Waals surface area contributed by atoms with Crippen LogP contribution in [0.25, 0.3) is 0 Å². The molecule has 0 radical (unpaired) electrons. The molecule has 2 fully saturated rings. The number of nitrogens with two attached hydrogens (primary N) is 1. The molecule has 3 heteroatoms. The lowest BCUT2D eigenvalue weighted by Gasteiger charge is -2.29. The molecule has 1 aliphatic carbocycles. The average molecular weight is 252 g/mol. The number of carbonyl (C=O) groups excluding carboxylic acids is 1. The third kappa shape index (κ3) is 3.25. The monoisotopic (exact) mass is 252 g/mol. The zero-order chi connectivity index (χ0) is 13.1. The number of likely N-dealkylation sites (tertiary alicyclic amines) is 1. The van der Waals surface area contributed by atoms with Crippen molar-refractivity contribution in [3.8, 4) is 0 Å². The standard InChI is InChI=1S/C15H28N2O/c1-11-7-12(2)17(10-11)15(18)8-13-3-5-14(9-16)6-4-13/h11-14H,3-10,16H2,1-2H3. The highest BCUT2D eigenvalue weighted by Crippen LogP contribution is 2.32. The third-order valence-electron chi connectivity index (χ3n) is 4.87. The quantitative estimate of drug-likeness (QED) is 0.838. The predicted octanol–water partition coefficient (Wildman–Crippen LogP) is 2.40. The zero-order valence-corrected chi connectivity index (χ0v) is 11.9. The SMILES string of the molecule is CC1CC(C)N(C(=O)CC2CCC(CN)CC2)C1. The Bertz CT molecular complexity index is 284. The van der Waals surface area contributed by atoms with Crippen LogP contribution in [-0.2, 0) is 4.79 Å². The van der Waals surface area contributed by atoms with Gasteiger partial charge < -0.3 is 10.6 Å². The van der Waals surface area contributed by atoms with Gasteiger partial charge in [-0.3, -0.25) is 4.79 Å². The highest BCUT2D eigenvalue weighted by Gasteiger charge is 2.31. The van der Waals surface area contributed by atoms with Gasteiger partial charge in [0.1, 0.15) is 0 Å². The first-order valence-electron chi connectivity index (χ1n) is 7.59. The minimum absolute atomic E-state index is 0.392. The van der Waals surface area contributed by atoms with Crippen molar-refractivity contribution in [1.82, 2.24) is 4.90 Å². The van der Waals surface area contributed by atoms with E-state index in [1.54, 1.807) is 0 Å². The van der Waals surface area contributed by atoms with E-state index < -0.39 is 0 Å². The molecular formula is C15H28N2O. The first-order valence-corrected chi connectivity index (χ1v) is 7.59. The van der Waals surface area contributed by atoms with Crippen LogP contribution < -0.4 is 5.73 Å². The first kappa shape index (κ1) is 13.9. The summed E-state index contributed by atoms with van der Waals surface area (Å²) in [6, 6.07) is 0.452. The molecule has 2 unspecified atom stereocenters. The topological polar surface area (TPSA) is 46.3 Å². The second-order valence-electron chi connectivity index (χ2n) is 6.56. The van der Waals surface area contributed by atoms with E-state index in [2.05, 4.69) is 18.7 Å². The summed E-state index contributed by atoms with van der Waals surface area (Å²) in [5.74, 6) is 2.39. The molecule has 1 amide bonds. The summed E-state index contributed by atoms with van der Waals surface area (Å²) in [4.78, 5) is 14.4. The maximum Gasteiger partial charge on any atom is 0.223 e. The van der Waals surface area contributed by atoms with Crippen molar-refractivity contribution in [1.29, 1.82) is 0 Å².